The molecule has 1 unspecified atom stereocenters. The van der Waals surface area contributed by atoms with Gasteiger partial charge in [-0.1, -0.05) is 12.1 Å². The van der Waals surface area contributed by atoms with Crippen molar-refractivity contribution in [3.63, 3.8) is 0 Å². The molecule has 176 valence electrons. The third kappa shape index (κ3) is 5.17. The molecule has 34 heavy (non-hydrogen) atoms. The number of halogens is 2. The summed E-state index contributed by atoms with van der Waals surface area (Å²) in [6.45, 7) is 2.48. The van der Waals surface area contributed by atoms with Gasteiger partial charge in [0.1, 0.15) is 23.1 Å². The summed E-state index contributed by atoms with van der Waals surface area (Å²) < 4.78 is 38.1. The topological polar surface area (TPSA) is 67.9 Å². The van der Waals surface area contributed by atoms with Crippen LogP contribution in [0.4, 0.5) is 14.5 Å². The van der Waals surface area contributed by atoms with Crippen molar-refractivity contribution in [1.82, 2.24) is 4.90 Å². The maximum atomic E-state index is 14.0. The lowest BCUT2D eigenvalue weighted by atomic mass is 10.1. The smallest absolute Gasteiger partial charge is 0.263 e. The first-order valence-electron chi connectivity index (χ1n) is 10.8. The number of anilines is 1. The first kappa shape index (κ1) is 23.2. The van der Waals surface area contributed by atoms with Crippen molar-refractivity contribution in [3.05, 3.63) is 89.0 Å². The molecule has 1 atom stereocenters. The number of fused-ring (bicyclic) bond motifs is 1. The number of rotatable bonds is 6. The summed E-state index contributed by atoms with van der Waals surface area (Å²) in [7, 11) is 1.61. The van der Waals surface area contributed by atoms with Crippen molar-refractivity contribution >= 4 is 17.5 Å². The zero-order valence-electron chi connectivity index (χ0n) is 18.8. The number of nitrogens with zero attached hydrogens (tertiary/aromatic N) is 1. The van der Waals surface area contributed by atoms with Gasteiger partial charge in [-0.25, -0.2) is 8.78 Å². The second kappa shape index (κ2) is 9.91. The fraction of sp³-hybridized carbons (Fsp3) is 0.231. The van der Waals surface area contributed by atoms with E-state index >= 15 is 0 Å². The Hall–Kier alpha value is -3.94. The van der Waals surface area contributed by atoms with Gasteiger partial charge in [0, 0.05) is 30.4 Å². The summed E-state index contributed by atoms with van der Waals surface area (Å²) in [5.41, 5.74) is 1.92. The zero-order chi connectivity index (χ0) is 24.2. The van der Waals surface area contributed by atoms with Gasteiger partial charge in [0.2, 0.25) is 0 Å². The number of methoxy groups -OCH3 is 1. The summed E-state index contributed by atoms with van der Waals surface area (Å²) in [4.78, 5) is 27.1. The SMILES string of the molecule is COc1ccc(CCN2Cc3cc(NC(=O)c4ccc(F)cc4F)ccc3OC(C)C2=O)cc1. The maximum absolute atomic E-state index is 14.0. The Morgan fingerprint density at radius 3 is 2.59 bits per heavy atom. The first-order chi connectivity index (χ1) is 16.3. The Bertz CT molecular complexity index is 1210. The molecule has 0 radical (unpaired) electrons. The van der Waals surface area contributed by atoms with E-state index in [-0.39, 0.29) is 11.5 Å². The quantitative estimate of drug-likeness (QED) is 0.578. The van der Waals surface area contributed by atoms with Gasteiger partial charge < -0.3 is 19.7 Å². The van der Waals surface area contributed by atoms with Crippen molar-refractivity contribution in [3.8, 4) is 11.5 Å². The Morgan fingerprint density at radius 2 is 1.88 bits per heavy atom. The molecule has 6 nitrogen and oxygen atoms in total. The van der Waals surface area contributed by atoms with Crippen molar-refractivity contribution in [2.45, 2.75) is 26.0 Å². The van der Waals surface area contributed by atoms with Gasteiger partial charge in [0.15, 0.2) is 6.10 Å². The average Bonchev–Trinajstić information content (AvgIpc) is 2.93. The second-order valence-corrected chi connectivity index (χ2v) is 8.02. The molecule has 1 aliphatic heterocycles. The number of hydrogen-bond donors (Lipinski definition) is 1. The predicted molar refractivity (Wildman–Crippen MR) is 123 cm³/mol. The van der Waals surface area contributed by atoms with Gasteiger partial charge in [0.05, 0.1) is 12.7 Å². The van der Waals surface area contributed by atoms with Crippen molar-refractivity contribution in [2.24, 2.45) is 0 Å². The van der Waals surface area contributed by atoms with Crippen LogP contribution in [0.15, 0.2) is 60.7 Å². The molecule has 3 aromatic carbocycles. The Kier molecular flexibility index (Phi) is 6.77. The van der Waals surface area contributed by atoms with Crippen molar-refractivity contribution < 1.29 is 27.8 Å². The van der Waals surface area contributed by atoms with E-state index in [0.717, 1.165) is 23.4 Å². The molecule has 0 saturated heterocycles. The van der Waals surface area contributed by atoms with Gasteiger partial charge in [-0.05, 0) is 61.4 Å². The Morgan fingerprint density at radius 1 is 1.12 bits per heavy atom. The minimum Gasteiger partial charge on any atom is -0.497 e. The third-order valence-electron chi connectivity index (χ3n) is 5.65. The van der Waals surface area contributed by atoms with Gasteiger partial charge in [-0.3, -0.25) is 9.59 Å². The van der Waals surface area contributed by atoms with E-state index in [2.05, 4.69) is 5.32 Å². The average molecular weight is 466 g/mol. The fourth-order valence-corrected chi connectivity index (χ4v) is 3.79. The molecular weight excluding hydrogens is 442 g/mol. The fourth-order valence-electron chi connectivity index (χ4n) is 3.79. The highest BCUT2D eigenvalue weighted by Crippen LogP contribution is 2.29. The number of amides is 2. The van der Waals surface area contributed by atoms with E-state index in [1.165, 1.54) is 0 Å². The van der Waals surface area contributed by atoms with Crippen LogP contribution >= 0.6 is 0 Å². The second-order valence-electron chi connectivity index (χ2n) is 8.02. The molecule has 1 aliphatic rings. The van der Waals surface area contributed by atoms with Crippen LogP contribution in [0.25, 0.3) is 0 Å². The van der Waals surface area contributed by atoms with Crippen LogP contribution in [0.2, 0.25) is 0 Å². The van der Waals surface area contributed by atoms with Crippen LogP contribution in [0.1, 0.15) is 28.4 Å². The molecule has 0 saturated carbocycles. The van der Waals surface area contributed by atoms with Gasteiger partial charge >= 0.3 is 0 Å². The van der Waals surface area contributed by atoms with E-state index in [1.54, 1.807) is 37.1 Å². The molecule has 2 amide bonds. The molecular formula is C26H24F2N2O4. The Labute approximate surface area is 196 Å². The number of hydrogen-bond acceptors (Lipinski definition) is 4. The number of benzene rings is 3. The largest absolute Gasteiger partial charge is 0.497 e. The number of ether oxygens (including phenoxy) is 2. The van der Waals surface area contributed by atoms with Crippen molar-refractivity contribution in [2.75, 3.05) is 19.0 Å². The monoisotopic (exact) mass is 466 g/mol. The van der Waals surface area contributed by atoms with Crippen molar-refractivity contribution in [1.29, 1.82) is 0 Å². The normalized spacial score (nSPS) is 15.2. The van der Waals surface area contributed by atoms with E-state index in [0.29, 0.717) is 42.6 Å². The van der Waals surface area contributed by atoms with Crippen LogP contribution in [-0.2, 0) is 17.8 Å². The summed E-state index contributed by atoms with van der Waals surface area (Å²) in [5, 5.41) is 2.62. The third-order valence-corrected chi connectivity index (χ3v) is 5.65. The van der Waals surface area contributed by atoms with Crippen LogP contribution in [0.5, 0.6) is 11.5 Å². The van der Waals surface area contributed by atoms with Crippen LogP contribution < -0.4 is 14.8 Å². The minimum absolute atomic E-state index is 0.135. The highest BCUT2D eigenvalue weighted by Gasteiger charge is 2.28. The summed E-state index contributed by atoms with van der Waals surface area (Å²) >= 11 is 0. The van der Waals surface area contributed by atoms with Crippen LogP contribution in [0, 0.1) is 11.6 Å². The summed E-state index contributed by atoms with van der Waals surface area (Å²) in [5.74, 6) is -1.24. The molecule has 1 heterocycles. The number of carbonyl (C=O) groups excluding carboxylic acids is 2. The number of carbonyl (C=O) groups is 2. The molecule has 0 bridgehead atoms. The molecule has 8 heteroatoms. The molecule has 0 spiro atoms. The summed E-state index contributed by atoms with van der Waals surface area (Å²) in [6.07, 6.45) is -0.0104. The standard InChI is InChI=1S/C26H24F2N2O4/c1-16-26(32)30(12-11-17-3-7-21(33-2)8-4-17)15-18-13-20(6-10-24(18)34-16)29-25(31)22-9-5-19(27)14-23(22)28/h3-10,13-14,16H,11-12,15H2,1-2H3,(H,29,31). The molecule has 1 N–H and O–H groups in total. The maximum Gasteiger partial charge on any atom is 0.263 e. The number of nitrogens with one attached hydrogen (secondary N) is 1. The summed E-state index contributed by atoms with van der Waals surface area (Å²) in [6, 6.07) is 15.4. The van der Waals surface area contributed by atoms with Gasteiger partial charge in [-0.2, -0.15) is 0 Å². The molecule has 0 aliphatic carbocycles. The molecule has 0 fully saturated rings. The van der Waals surface area contributed by atoms with E-state index in [9.17, 15) is 18.4 Å². The predicted octanol–water partition coefficient (Wildman–Crippen LogP) is 4.58. The zero-order valence-corrected chi connectivity index (χ0v) is 18.8. The van der Waals surface area contributed by atoms with E-state index in [4.69, 9.17) is 9.47 Å². The highest BCUT2D eigenvalue weighted by molar-refractivity contribution is 6.04. The highest BCUT2D eigenvalue weighted by atomic mass is 19.1. The molecule has 0 aromatic heterocycles. The lowest BCUT2D eigenvalue weighted by Gasteiger charge is -2.22. The molecule has 4 rings (SSSR count). The van der Waals surface area contributed by atoms with Crippen LogP contribution in [-0.4, -0.2) is 36.5 Å². The lowest BCUT2D eigenvalue weighted by molar-refractivity contribution is -0.137. The first-order valence-corrected chi connectivity index (χ1v) is 10.8. The van der Waals surface area contributed by atoms with E-state index < -0.39 is 23.6 Å². The van der Waals surface area contributed by atoms with E-state index in [1.807, 2.05) is 24.3 Å². The van der Waals surface area contributed by atoms with Gasteiger partial charge in [-0.15, -0.1) is 0 Å². The van der Waals surface area contributed by atoms with Gasteiger partial charge in [0.25, 0.3) is 11.8 Å². The lowest BCUT2D eigenvalue weighted by Crippen LogP contribution is -2.39. The minimum atomic E-state index is -0.945. The van der Waals surface area contributed by atoms with Crippen LogP contribution in [0.3, 0.4) is 0 Å². The molecule has 3 aromatic rings. The Balaban J connectivity index is 1.50.